The maximum Gasteiger partial charge on any atom is 0.244 e. The molecule has 0 spiro atoms. The van der Waals surface area contributed by atoms with Gasteiger partial charge in [-0.2, -0.15) is 0 Å². The van der Waals surface area contributed by atoms with Crippen LogP contribution in [0.1, 0.15) is 44.2 Å². The minimum absolute atomic E-state index is 0.0675. The van der Waals surface area contributed by atoms with Crippen LogP contribution in [0.15, 0.2) is 78.4 Å². The Morgan fingerprint density at radius 1 is 1.08 bits per heavy atom. The topological polar surface area (TPSA) is 105 Å². The first kappa shape index (κ1) is 30.1. The number of hydrogen-bond donors (Lipinski definition) is 3. The lowest BCUT2D eigenvalue weighted by Gasteiger charge is -2.44. The summed E-state index contributed by atoms with van der Waals surface area (Å²) < 4.78 is 5.33. The summed E-state index contributed by atoms with van der Waals surface area (Å²) in [4.78, 5) is 28.6. The van der Waals surface area contributed by atoms with Gasteiger partial charge < -0.3 is 25.8 Å². The molecule has 0 heterocycles. The molecule has 0 aliphatic heterocycles. The second-order valence-electron chi connectivity index (χ2n) is 10.3. The number of carbonyl (C=O) groups is 2. The molecule has 2 amide bonds. The molecule has 210 valence electrons. The van der Waals surface area contributed by atoms with Gasteiger partial charge in [0.25, 0.3) is 0 Å². The third kappa shape index (κ3) is 7.80. The van der Waals surface area contributed by atoms with E-state index in [0.717, 1.165) is 29.7 Å². The number of nitrogens with two attached hydrogens (primary N) is 1. The highest BCUT2D eigenvalue weighted by atomic mass is 16.5. The zero-order valence-electron chi connectivity index (χ0n) is 23.4. The van der Waals surface area contributed by atoms with E-state index in [4.69, 9.17) is 10.5 Å². The van der Waals surface area contributed by atoms with Crippen molar-refractivity contribution in [2.24, 2.45) is 17.1 Å². The molecule has 2 aromatic rings. The highest BCUT2D eigenvalue weighted by Crippen LogP contribution is 2.44. The van der Waals surface area contributed by atoms with E-state index in [1.165, 1.54) is 0 Å². The number of carbonyl (C=O) groups excluding carboxylic acids is 2. The van der Waals surface area contributed by atoms with Gasteiger partial charge in [-0.25, -0.2) is 0 Å². The summed E-state index contributed by atoms with van der Waals surface area (Å²) in [7, 11) is 1.63. The van der Waals surface area contributed by atoms with E-state index in [-0.39, 0.29) is 18.9 Å². The highest BCUT2D eigenvalue weighted by molar-refractivity contribution is 5.95. The first-order chi connectivity index (χ1) is 18.8. The van der Waals surface area contributed by atoms with Crippen molar-refractivity contribution in [2.75, 3.05) is 26.7 Å². The van der Waals surface area contributed by atoms with Gasteiger partial charge in [-0.15, -0.1) is 0 Å². The van der Waals surface area contributed by atoms with E-state index in [9.17, 15) is 14.7 Å². The minimum atomic E-state index is -1.11. The number of benzene rings is 2. The number of nitrogens with one attached hydrogen (secondary N) is 1. The lowest BCUT2D eigenvalue weighted by atomic mass is 9.64. The summed E-state index contributed by atoms with van der Waals surface area (Å²) >= 11 is 0. The second kappa shape index (κ2) is 14.7. The third-order valence-electron chi connectivity index (χ3n) is 7.40. The summed E-state index contributed by atoms with van der Waals surface area (Å²) in [6.07, 6.45) is 6.72. The van der Waals surface area contributed by atoms with Crippen LogP contribution in [0.3, 0.4) is 0 Å². The van der Waals surface area contributed by atoms with Gasteiger partial charge in [-0.05, 0) is 48.9 Å². The highest BCUT2D eigenvalue weighted by Gasteiger charge is 2.49. The summed E-state index contributed by atoms with van der Waals surface area (Å²) in [5.74, 6) is -0.340. The van der Waals surface area contributed by atoms with Gasteiger partial charge in [0.1, 0.15) is 5.75 Å². The Kier molecular flexibility index (Phi) is 11.3. The average Bonchev–Trinajstić information content (AvgIpc) is 2.96. The van der Waals surface area contributed by atoms with E-state index in [0.29, 0.717) is 31.6 Å². The van der Waals surface area contributed by atoms with Gasteiger partial charge in [0.15, 0.2) is 0 Å². The molecule has 3 rings (SSSR count). The molecule has 2 aromatic carbocycles. The molecule has 4 N–H and O–H groups in total. The van der Waals surface area contributed by atoms with Crippen LogP contribution in [0.25, 0.3) is 0 Å². The molecule has 0 radical (unpaired) electrons. The number of aliphatic hydroxyl groups is 1. The quantitative estimate of drug-likeness (QED) is 0.321. The van der Waals surface area contributed by atoms with Gasteiger partial charge in [0, 0.05) is 37.7 Å². The lowest BCUT2D eigenvalue weighted by Crippen LogP contribution is -2.54. The summed E-state index contributed by atoms with van der Waals surface area (Å²) in [5.41, 5.74) is 7.05. The van der Waals surface area contributed by atoms with Gasteiger partial charge >= 0.3 is 0 Å². The van der Waals surface area contributed by atoms with Crippen LogP contribution in [-0.4, -0.2) is 54.7 Å². The van der Waals surface area contributed by atoms with Crippen molar-refractivity contribution in [1.29, 1.82) is 0 Å². The van der Waals surface area contributed by atoms with Crippen molar-refractivity contribution < 1.29 is 19.4 Å². The lowest BCUT2D eigenvalue weighted by molar-refractivity contribution is -0.145. The molecule has 0 saturated carbocycles. The maximum atomic E-state index is 14.4. The number of ether oxygens (including phenoxy) is 1. The number of amides is 2. The Labute approximate surface area is 232 Å². The van der Waals surface area contributed by atoms with Crippen LogP contribution >= 0.6 is 0 Å². The first-order valence-corrected chi connectivity index (χ1v) is 13.9. The van der Waals surface area contributed by atoms with Crippen LogP contribution in [0.2, 0.25) is 0 Å². The Balaban J connectivity index is 1.97. The standard InChI is InChI=1S/C32H43N3O4/c1-4-17-35(18-5-2)31(38)32(16-10-14-26(21-32)30(33)37)28(20-24-11-7-6-8-12-24)29(36)23-34-22-25-13-9-15-27(19-25)39-3/h6-16,19,28-29,34,36H,4-5,17-18,20-23H2,1-3H3,(H2,33,37)/t28-,29+,32?/m1/s1. The molecule has 0 aromatic heterocycles. The average molecular weight is 534 g/mol. The number of rotatable bonds is 15. The number of methoxy groups -OCH3 is 1. The normalized spacial score (nSPS) is 18.2. The van der Waals surface area contributed by atoms with Crippen LogP contribution in [0.4, 0.5) is 0 Å². The van der Waals surface area contributed by atoms with E-state index < -0.39 is 23.3 Å². The largest absolute Gasteiger partial charge is 0.497 e. The van der Waals surface area contributed by atoms with E-state index >= 15 is 0 Å². The number of nitrogens with zero attached hydrogens (tertiary/aromatic N) is 1. The van der Waals surface area contributed by atoms with Crippen molar-refractivity contribution in [3.63, 3.8) is 0 Å². The smallest absolute Gasteiger partial charge is 0.244 e. The molecule has 3 atom stereocenters. The summed E-state index contributed by atoms with van der Waals surface area (Å²) in [5, 5.41) is 15.1. The number of hydrogen-bond acceptors (Lipinski definition) is 5. The van der Waals surface area contributed by atoms with Crippen molar-refractivity contribution in [2.45, 2.75) is 52.2 Å². The van der Waals surface area contributed by atoms with Crippen LogP contribution in [0, 0.1) is 11.3 Å². The Bertz CT molecular complexity index is 1140. The fourth-order valence-corrected chi connectivity index (χ4v) is 5.47. The zero-order chi connectivity index (χ0) is 28.3. The summed E-state index contributed by atoms with van der Waals surface area (Å²) in [6, 6.07) is 17.6. The van der Waals surface area contributed by atoms with Crippen molar-refractivity contribution in [3.8, 4) is 5.75 Å². The number of primary amides is 1. The van der Waals surface area contributed by atoms with Crippen molar-refractivity contribution in [1.82, 2.24) is 10.2 Å². The predicted molar refractivity (Wildman–Crippen MR) is 155 cm³/mol. The number of allylic oxidation sites excluding steroid dienone is 2. The predicted octanol–water partition coefficient (Wildman–Crippen LogP) is 4.01. The molecule has 0 fully saturated rings. The van der Waals surface area contributed by atoms with Crippen LogP contribution in [0.5, 0.6) is 5.75 Å². The maximum absolute atomic E-state index is 14.4. The van der Waals surface area contributed by atoms with Gasteiger partial charge in [0.05, 0.1) is 18.6 Å². The van der Waals surface area contributed by atoms with Crippen molar-refractivity contribution in [3.05, 3.63) is 89.5 Å². The van der Waals surface area contributed by atoms with E-state index in [1.807, 2.05) is 79.4 Å². The fourth-order valence-electron chi connectivity index (χ4n) is 5.47. The SMILES string of the molecule is CCCN(CCC)C(=O)C1([C@H](Cc2ccccc2)[C@@H](O)CNCc2cccc(OC)c2)C=CC=C(C(N)=O)C1. The molecular weight excluding hydrogens is 490 g/mol. The van der Waals surface area contributed by atoms with Gasteiger partial charge in [-0.3, -0.25) is 9.59 Å². The monoisotopic (exact) mass is 533 g/mol. The van der Waals surface area contributed by atoms with Crippen molar-refractivity contribution >= 4 is 11.8 Å². The molecular formula is C32H43N3O4. The Hall–Kier alpha value is -3.42. The Morgan fingerprint density at radius 2 is 1.77 bits per heavy atom. The molecule has 1 unspecified atom stereocenters. The summed E-state index contributed by atoms with van der Waals surface area (Å²) in [6.45, 7) is 6.13. The van der Waals surface area contributed by atoms with Gasteiger partial charge in [-0.1, -0.05) is 74.5 Å². The molecule has 0 saturated heterocycles. The first-order valence-electron chi connectivity index (χ1n) is 13.9. The van der Waals surface area contributed by atoms with Crippen LogP contribution in [-0.2, 0) is 22.6 Å². The minimum Gasteiger partial charge on any atom is -0.497 e. The Morgan fingerprint density at radius 3 is 2.41 bits per heavy atom. The van der Waals surface area contributed by atoms with E-state index in [1.54, 1.807) is 19.3 Å². The molecule has 1 aliphatic carbocycles. The fraction of sp³-hybridized carbons (Fsp3) is 0.438. The molecule has 1 aliphatic rings. The van der Waals surface area contributed by atoms with E-state index in [2.05, 4.69) is 5.32 Å². The number of aliphatic hydroxyl groups excluding tert-OH is 1. The van der Waals surface area contributed by atoms with Crippen LogP contribution < -0.4 is 15.8 Å². The molecule has 0 bridgehead atoms. The molecule has 39 heavy (non-hydrogen) atoms. The molecule has 7 heteroatoms. The zero-order valence-corrected chi connectivity index (χ0v) is 23.4. The van der Waals surface area contributed by atoms with Gasteiger partial charge in [0.2, 0.25) is 11.8 Å². The molecule has 7 nitrogen and oxygen atoms in total. The third-order valence-corrected chi connectivity index (χ3v) is 7.40. The second-order valence-corrected chi connectivity index (χ2v) is 10.3.